The van der Waals surface area contributed by atoms with Gasteiger partial charge in [-0.25, -0.2) is 4.79 Å². The van der Waals surface area contributed by atoms with E-state index in [1.807, 2.05) is 49.4 Å². The van der Waals surface area contributed by atoms with E-state index >= 15 is 0 Å². The fourth-order valence-electron chi connectivity index (χ4n) is 4.13. The van der Waals surface area contributed by atoms with Gasteiger partial charge in [0.25, 0.3) is 0 Å². The summed E-state index contributed by atoms with van der Waals surface area (Å²) in [6.45, 7) is 2.17. The molecule has 1 aliphatic carbocycles. The number of dihydropyridines is 1. The molecule has 1 aromatic heterocycles. The van der Waals surface area contributed by atoms with Crippen molar-refractivity contribution in [3.8, 4) is 0 Å². The van der Waals surface area contributed by atoms with Crippen LogP contribution in [0.2, 0.25) is 0 Å². The predicted molar refractivity (Wildman–Crippen MR) is 110 cm³/mol. The number of allylic oxidation sites excluding steroid dienone is 3. The van der Waals surface area contributed by atoms with Crippen LogP contribution in [0.25, 0.3) is 0 Å². The smallest absolute Gasteiger partial charge is 0.336 e. The monoisotopic (exact) mass is 388 g/mol. The Hall–Kier alpha value is -3.21. The van der Waals surface area contributed by atoms with Crippen LogP contribution in [0, 0.1) is 0 Å². The molecule has 1 atom stereocenters. The molecule has 1 aliphatic heterocycles. The fraction of sp³-hybridized carbons (Fsp3) is 0.292. The second-order valence-electron chi connectivity index (χ2n) is 7.42. The molecule has 29 heavy (non-hydrogen) atoms. The summed E-state index contributed by atoms with van der Waals surface area (Å²) in [6, 6.07) is 13.7. The highest BCUT2D eigenvalue weighted by Gasteiger charge is 2.39. The SMILES string of the molecule is CC1=C(C(=O)OCCc2ccccc2)[C@@H](c2ccncc2)C2=C(CCCC2=O)N1. The molecule has 0 saturated heterocycles. The molecule has 0 spiro atoms. The average molecular weight is 388 g/mol. The molecule has 5 heteroatoms. The van der Waals surface area contributed by atoms with Crippen LogP contribution in [0.3, 0.4) is 0 Å². The van der Waals surface area contributed by atoms with Gasteiger partial charge < -0.3 is 10.1 Å². The van der Waals surface area contributed by atoms with E-state index in [9.17, 15) is 9.59 Å². The summed E-state index contributed by atoms with van der Waals surface area (Å²) in [4.78, 5) is 30.0. The number of esters is 1. The first-order valence-electron chi connectivity index (χ1n) is 10.00. The molecular formula is C24H24N2O3. The first-order valence-corrected chi connectivity index (χ1v) is 10.00. The Labute approximate surface area is 170 Å². The molecular weight excluding hydrogens is 364 g/mol. The summed E-state index contributed by atoms with van der Waals surface area (Å²) in [5, 5.41) is 3.31. The third-order valence-corrected chi connectivity index (χ3v) is 5.50. The largest absolute Gasteiger partial charge is 0.462 e. The zero-order valence-electron chi connectivity index (χ0n) is 16.5. The van der Waals surface area contributed by atoms with Crippen LogP contribution in [0.1, 0.15) is 43.2 Å². The van der Waals surface area contributed by atoms with Crippen molar-refractivity contribution in [2.45, 2.75) is 38.5 Å². The maximum Gasteiger partial charge on any atom is 0.336 e. The minimum atomic E-state index is -0.411. The number of ether oxygens (including phenoxy) is 1. The van der Waals surface area contributed by atoms with E-state index in [4.69, 9.17) is 4.74 Å². The Morgan fingerprint density at radius 3 is 2.66 bits per heavy atom. The topological polar surface area (TPSA) is 68.3 Å². The van der Waals surface area contributed by atoms with Crippen LogP contribution in [0.15, 0.2) is 77.4 Å². The number of carbonyl (C=O) groups is 2. The number of hydrogen-bond donors (Lipinski definition) is 1. The van der Waals surface area contributed by atoms with E-state index in [0.29, 0.717) is 30.6 Å². The van der Waals surface area contributed by atoms with Gasteiger partial charge in [0.15, 0.2) is 5.78 Å². The second-order valence-corrected chi connectivity index (χ2v) is 7.42. The number of hydrogen-bond acceptors (Lipinski definition) is 5. The summed E-state index contributed by atoms with van der Waals surface area (Å²) >= 11 is 0. The molecule has 0 amide bonds. The third-order valence-electron chi connectivity index (χ3n) is 5.50. The lowest BCUT2D eigenvalue weighted by Gasteiger charge is -2.34. The first kappa shape index (κ1) is 19.1. The summed E-state index contributed by atoms with van der Waals surface area (Å²) in [7, 11) is 0. The number of nitrogens with one attached hydrogen (secondary N) is 1. The number of pyridine rings is 1. The van der Waals surface area contributed by atoms with Gasteiger partial charge in [-0.05, 0) is 43.0 Å². The lowest BCUT2D eigenvalue weighted by molar-refractivity contribution is -0.139. The van der Waals surface area contributed by atoms with Crippen molar-refractivity contribution in [2.24, 2.45) is 0 Å². The first-order chi connectivity index (χ1) is 14.1. The molecule has 2 aromatic rings. The Kier molecular flexibility index (Phi) is 5.56. The normalized spacial score (nSPS) is 18.9. The van der Waals surface area contributed by atoms with Crippen LogP contribution in [-0.4, -0.2) is 23.3 Å². The number of benzene rings is 1. The Bertz CT molecular complexity index is 978. The quantitative estimate of drug-likeness (QED) is 0.789. The molecule has 148 valence electrons. The highest BCUT2D eigenvalue weighted by atomic mass is 16.5. The van der Waals surface area contributed by atoms with Crippen molar-refractivity contribution in [2.75, 3.05) is 6.61 Å². The molecule has 0 unspecified atom stereocenters. The number of Topliss-reactive ketones (excluding diaryl/α,β-unsaturated/α-hetero) is 1. The molecule has 2 heterocycles. The van der Waals surface area contributed by atoms with E-state index < -0.39 is 5.92 Å². The molecule has 0 saturated carbocycles. The number of nitrogens with zero attached hydrogens (tertiary/aromatic N) is 1. The van der Waals surface area contributed by atoms with Gasteiger partial charge in [-0.3, -0.25) is 9.78 Å². The Balaban J connectivity index is 1.61. The summed E-state index contributed by atoms with van der Waals surface area (Å²) in [5.74, 6) is -0.688. The fourth-order valence-corrected chi connectivity index (χ4v) is 4.13. The van der Waals surface area contributed by atoms with Gasteiger partial charge in [-0.1, -0.05) is 30.3 Å². The molecule has 1 N–H and O–H groups in total. The van der Waals surface area contributed by atoms with Crippen molar-refractivity contribution in [3.05, 3.63) is 88.5 Å². The van der Waals surface area contributed by atoms with E-state index in [1.165, 1.54) is 0 Å². The van der Waals surface area contributed by atoms with Crippen molar-refractivity contribution < 1.29 is 14.3 Å². The summed E-state index contributed by atoms with van der Waals surface area (Å²) < 4.78 is 5.64. The summed E-state index contributed by atoms with van der Waals surface area (Å²) in [5.41, 5.74) is 4.90. The Morgan fingerprint density at radius 1 is 1.14 bits per heavy atom. The molecule has 4 rings (SSSR count). The van der Waals surface area contributed by atoms with Gasteiger partial charge >= 0.3 is 5.97 Å². The van der Waals surface area contributed by atoms with Crippen LogP contribution >= 0.6 is 0 Å². The van der Waals surface area contributed by atoms with E-state index in [0.717, 1.165) is 35.4 Å². The highest BCUT2D eigenvalue weighted by molar-refractivity contribution is 6.03. The number of aromatic nitrogens is 1. The summed E-state index contributed by atoms with van der Waals surface area (Å²) in [6.07, 6.45) is 6.20. The molecule has 0 bridgehead atoms. The molecule has 2 aliphatic rings. The highest BCUT2D eigenvalue weighted by Crippen LogP contribution is 2.42. The van der Waals surface area contributed by atoms with Gasteiger partial charge in [0.05, 0.1) is 12.2 Å². The van der Waals surface area contributed by atoms with Crippen LogP contribution in [-0.2, 0) is 20.7 Å². The maximum absolute atomic E-state index is 13.1. The number of ketones is 1. The van der Waals surface area contributed by atoms with Crippen LogP contribution in [0.5, 0.6) is 0 Å². The molecule has 0 fully saturated rings. The van der Waals surface area contributed by atoms with Crippen molar-refractivity contribution in [3.63, 3.8) is 0 Å². The standard InChI is InChI=1S/C24H24N2O3/c1-16-21(24(28)29-15-12-17-6-3-2-4-7-17)22(18-10-13-25-14-11-18)23-19(26-16)8-5-9-20(23)27/h2-4,6-7,10-11,13-14,22,26H,5,8-9,12,15H2,1H3/t22-/m1/s1. The predicted octanol–water partition coefficient (Wildman–Crippen LogP) is 3.84. The third kappa shape index (κ3) is 3.99. The lowest BCUT2D eigenvalue weighted by Crippen LogP contribution is -2.34. The van der Waals surface area contributed by atoms with Crippen molar-refractivity contribution in [1.82, 2.24) is 10.3 Å². The van der Waals surface area contributed by atoms with Gasteiger partial charge in [0.1, 0.15) is 0 Å². The van der Waals surface area contributed by atoms with Gasteiger partial charge in [0, 0.05) is 48.1 Å². The van der Waals surface area contributed by atoms with Crippen molar-refractivity contribution >= 4 is 11.8 Å². The van der Waals surface area contributed by atoms with Gasteiger partial charge in [-0.2, -0.15) is 0 Å². The minimum absolute atomic E-state index is 0.0997. The maximum atomic E-state index is 13.1. The number of carbonyl (C=O) groups excluding carboxylic acids is 2. The van der Waals surface area contributed by atoms with E-state index in [-0.39, 0.29) is 11.8 Å². The molecule has 5 nitrogen and oxygen atoms in total. The molecule has 1 aromatic carbocycles. The zero-order chi connectivity index (χ0) is 20.2. The van der Waals surface area contributed by atoms with Gasteiger partial charge in [0.2, 0.25) is 0 Å². The van der Waals surface area contributed by atoms with Gasteiger partial charge in [-0.15, -0.1) is 0 Å². The van der Waals surface area contributed by atoms with Crippen molar-refractivity contribution in [1.29, 1.82) is 0 Å². The Morgan fingerprint density at radius 2 is 1.90 bits per heavy atom. The van der Waals surface area contributed by atoms with E-state index in [2.05, 4.69) is 10.3 Å². The average Bonchev–Trinajstić information content (AvgIpc) is 2.74. The minimum Gasteiger partial charge on any atom is -0.462 e. The zero-order valence-corrected chi connectivity index (χ0v) is 16.5. The number of rotatable bonds is 5. The molecule has 0 radical (unpaired) electrons. The van der Waals surface area contributed by atoms with Crippen LogP contribution in [0.4, 0.5) is 0 Å². The van der Waals surface area contributed by atoms with Crippen LogP contribution < -0.4 is 5.32 Å². The second kappa shape index (κ2) is 8.43. The van der Waals surface area contributed by atoms with E-state index in [1.54, 1.807) is 12.4 Å². The lowest BCUT2D eigenvalue weighted by atomic mass is 9.75.